The molecule has 0 aliphatic carbocycles. The molecule has 0 aliphatic heterocycles. The highest BCUT2D eigenvalue weighted by Gasteiger charge is 2.19. The van der Waals surface area contributed by atoms with E-state index in [4.69, 9.17) is 14.2 Å². The maximum atomic E-state index is 12.9. The first-order valence-corrected chi connectivity index (χ1v) is 33.9. The fourth-order valence-electron chi connectivity index (χ4n) is 9.45. The van der Waals surface area contributed by atoms with Gasteiger partial charge < -0.3 is 14.2 Å². The lowest BCUT2D eigenvalue weighted by atomic mass is 10.0. The molecule has 458 valence electrons. The predicted octanol–water partition coefficient (Wildman–Crippen LogP) is 23.4. The molecule has 0 N–H and O–H groups in total. The van der Waals surface area contributed by atoms with Crippen molar-refractivity contribution in [2.24, 2.45) is 0 Å². The first-order chi connectivity index (χ1) is 39.5. The Labute approximate surface area is 495 Å². The Morgan fingerprint density at radius 3 is 0.762 bits per heavy atom. The summed E-state index contributed by atoms with van der Waals surface area (Å²) in [5.41, 5.74) is 0. The van der Waals surface area contributed by atoms with Crippen molar-refractivity contribution in [3.63, 3.8) is 0 Å². The van der Waals surface area contributed by atoms with Crippen LogP contribution in [0.15, 0.2) is 109 Å². The first-order valence-electron chi connectivity index (χ1n) is 33.9. The Morgan fingerprint density at radius 1 is 0.263 bits per heavy atom. The monoisotopic (exact) mass is 1110 g/mol. The van der Waals surface area contributed by atoms with Crippen molar-refractivity contribution in [3.8, 4) is 0 Å². The summed E-state index contributed by atoms with van der Waals surface area (Å²) in [5, 5.41) is 0. The van der Waals surface area contributed by atoms with Gasteiger partial charge in [0.25, 0.3) is 0 Å². The molecular weight excluding hydrogens is 985 g/mol. The standard InChI is InChI=1S/C74H126O6/c1-4-7-10-13-16-19-21-23-25-27-29-31-33-34-35-36-37-38-39-40-42-43-45-47-49-51-53-55-58-61-64-67-73(76)79-70-71(69-78-72(75)66-63-60-57-18-15-12-9-6-3)80-74(77)68-65-62-59-56-54-52-50-48-46-44-41-32-30-28-26-24-22-20-17-14-11-8-5-2/h7,10,16,19,22-25,28-31,34-35,37-38,40,42,71H,4-6,8-9,11-15,17-18,20-21,26-27,32-33,36,39,41,43-70H2,1-3H3/b10-7-,19-16-,24-22-,25-23-,30-28-,31-29-,35-34-,38-37-,42-40-. The Bertz CT molecular complexity index is 1610. The van der Waals surface area contributed by atoms with E-state index in [1.54, 1.807) is 0 Å². The molecular formula is C74H126O6. The second kappa shape index (κ2) is 67.6. The van der Waals surface area contributed by atoms with Gasteiger partial charge in [-0.05, 0) is 109 Å². The van der Waals surface area contributed by atoms with Gasteiger partial charge in [0.15, 0.2) is 6.10 Å². The van der Waals surface area contributed by atoms with Crippen LogP contribution in [0.4, 0.5) is 0 Å². The van der Waals surface area contributed by atoms with Crippen LogP contribution < -0.4 is 0 Å². The maximum Gasteiger partial charge on any atom is 0.306 e. The molecule has 0 fully saturated rings. The molecule has 0 rings (SSSR count). The van der Waals surface area contributed by atoms with Gasteiger partial charge in [-0.3, -0.25) is 14.4 Å². The summed E-state index contributed by atoms with van der Waals surface area (Å²) in [6.45, 7) is 6.50. The van der Waals surface area contributed by atoms with Crippen LogP contribution in [-0.4, -0.2) is 37.2 Å². The summed E-state index contributed by atoms with van der Waals surface area (Å²) in [6.07, 6.45) is 92.6. The summed E-state index contributed by atoms with van der Waals surface area (Å²) < 4.78 is 16.9. The van der Waals surface area contributed by atoms with Crippen molar-refractivity contribution in [1.29, 1.82) is 0 Å². The largest absolute Gasteiger partial charge is 0.462 e. The smallest absolute Gasteiger partial charge is 0.306 e. The third kappa shape index (κ3) is 64.9. The minimum atomic E-state index is -0.781. The van der Waals surface area contributed by atoms with Gasteiger partial charge in [-0.1, -0.05) is 304 Å². The summed E-state index contributed by atoms with van der Waals surface area (Å²) >= 11 is 0. The van der Waals surface area contributed by atoms with E-state index in [-0.39, 0.29) is 31.1 Å². The van der Waals surface area contributed by atoms with Crippen molar-refractivity contribution in [1.82, 2.24) is 0 Å². The van der Waals surface area contributed by atoms with E-state index in [1.165, 1.54) is 167 Å². The molecule has 0 saturated heterocycles. The van der Waals surface area contributed by atoms with E-state index in [1.807, 2.05) is 0 Å². The third-order valence-corrected chi connectivity index (χ3v) is 14.5. The number of esters is 3. The minimum absolute atomic E-state index is 0.0785. The zero-order chi connectivity index (χ0) is 57.8. The Hall–Kier alpha value is -3.93. The topological polar surface area (TPSA) is 78.9 Å². The number of unbranched alkanes of at least 4 members (excludes halogenated alkanes) is 32. The maximum absolute atomic E-state index is 12.9. The van der Waals surface area contributed by atoms with Crippen molar-refractivity contribution in [3.05, 3.63) is 109 Å². The molecule has 0 amide bonds. The fraction of sp³-hybridized carbons (Fsp3) is 0.716. The number of carbonyl (C=O) groups is 3. The first kappa shape index (κ1) is 76.1. The molecule has 80 heavy (non-hydrogen) atoms. The number of hydrogen-bond acceptors (Lipinski definition) is 6. The molecule has 0 saturated carbocycles. The van der Waals surface area contributed by atoms with E-state index in [0.717, 1.165) is 116 Å². The number of hydrogen-bond donors (Lipinski definition) is 0. The van der Waals surface area contributed by atoms with Crippen LogP contribution in [0.3, 0.4) is 0 Å². The van der Waals surface area contributed by atoms with Crippen molar-refractivity contribution >= 4 is 17.9 Å². The highest BCUT2D eigenvalue weighted by atomic mass is 16.6. The highest BCUT2D eigenvalue weighted by molar-refractivity contribution is 5.71. The van der Waals surface area contributed by atoms with Crippen LogP contribution in [0.1, 0.15) is 323 Å². The number of ether oxygens (including phenoxy) is 3. The number of rotatable bonds is 61. The molecule has 6 heteroatoms. The van der Waals surface area contributed by atoms with Crippen LogP contribution in [0.25, 0.3) is 0 Å². The van der Waals surface area contributed by atoms with Gasteiger partial charge in [-0.25, -0.2) is 0 Å². The van der Waals surface area contributed by atoms with Crippen LogP contribution in [0.5, 0.6) is 0 Å². The van der Waals surface area contributed by atoms with Gasteiger partial charge in [-0.2, -0.15) is 0 Å². The summed E-state index contributed by atoms with van der Waals surface area (Å²) in [6, 6.07) is 0. The highest BCUT2D eigenvalue weighted by Crippen LogP contribution is 2.16. The zero-order valence-electron chi connectivity index (χ0n) is 52.6. The fourth-order valence-corrected chi connectivity index (χ4v) is 9.45. The van der Waals surface area contributed by atoms with E-state index < -0.39 is 6.10 Å². The summed E-state index contributed by atoms with van der Waals surface area (Å²) in [4.78, 5) is 38.2. The average molecular weight is 1110 g/mol. The van der Waals surface area contributed by atoms with Crippen molar-refractivity contribution < 1.29 is 28.6 Å². The van der Waals surface area contributed by atoms with Crippen molar-refractivity contribution in [2.75, 3.05) is 13.2 Å². The molecule has 0 spiro atoms. The van der Waals surface area contributed by atoms with Gasteiger partial charge in [0.2, 0.25) is 0 Å². The second-order valence-electron chi connectivity index (χ2n) is 22.4. The molecule has 1 atom stereocenters. The minimum Gasteiger partial charge on any atom is -0.462 e. The molecule has 0 radical (unpaired) electrons. The third-order valence-electron chi connectivity index (χ3n) is 14.5. The normalized spacial score (nSPS) is 12.8. The second-order valence-corrected chi connectivity index (χ2v) is 22.4. The quantitative estimate of drug-likeness (QED) is 0.0261. The van der Waals surface area contributed by atoms with E-state index in [2.05, 4.69) is 130 Å². The van der Waals surface area contributed by atoms with E-state index in [9.17, 15) is 14.4 Å². The average Bonchev–Trinajstić information content (AvgIpc) is 3.46. The number of allylic oxidation sites excluding steroid dienone is 18. The molecule has 6 nitrogen and oxygen atoms in total. The van der Waals surface area contributed by atoms with Crippen LogP contribution >= 0.6 is 0 Å². The summed E-state index contributed by atoms with van der Waals surface area (Å²) in [5.74, 6) is -0.882. The molecule has 0 bridgehead atoms. The Morgan fingerprint density at radius 2 is 0.487 bits per heavy atom. The van der Waals surface area contributed by atoms with Gasteiger partial charge in [0, 0.05) is 19.3 Å². The van der Waals surface area contributed by atoms with E-state index in [0.29, 0.717) is 19.3 Å². The molecule has 1 unspecified atom stereocenters. The van der Waals surface area contributed by atoms with Crippen LogP contribution in [0.2, 0.25) is 0 Å². The number of carbonyl (C=O) groups excluding carboxylic acids is 3. The summed E-state index contributed by atoms with van der Waals surface area (Å²) in [7, 11) is 0. The van der Waals surface area contributed by atoms with Gasteiger partial charge in [0.1, 0.15) is 13.2 Å². The lowest BCUT2D eigenvalue weighted by Crippen LogP contribution is -2.30. The molecule has 0 aromatic heterocycles. The Kier molecular flexibility index (Phi) is 64.3. The van der Waals surface area contributed by atoms with Crippen LogP contribution in [0, 0.1) is 0 Å². The van der Waals surface area contributed by atoms with Gasteiger partial charge in [-0.15, -0.1) is 0 Å². The molecule has 0 aromatic carbocycles. The molecule has 0 aromatic rings. The van der Waals surface area contributed by atoms with E-state index >= 15 is 0 Å². The van der Waals surface area contributed by atoms with Crippen molar-refractivity contribution in [2.45, 2.75) is 329 Å². The Balaban J connectivity index is 4.17. The molecule has 0 aliphatic rings. The van der Waals surface area contributed by atoms with Gasteiger partial charge in [0.05, 0.1) is 0 Å². The zero-order valence-corrected chi connectivity index (χ0v) is 52.6. The van der Waals surface area contributed by atoms with Crippen LogP contribution in [-0.2, 0) is 28.6 Å². The lowest BCUT2D eigenvalue weighted by Gasteiger charge is -2.18. The SMILES string of the molecule is CC/C=C\C/C=C\C/C=C\C/C=C\C/C=C\C/C=C\C/C=C\CCCCCCCCCCCC(=O)OCC(COC(=O)CCCCCCCCCC)OC(=O)CCCCCCCCCCCCC/C=C\C/C=C\CCCCCCC. The lowest BCUT2D eigenvalue weighted by molar-refractivity contribution is -0.167. The molecule has 0 heterocycles. The van der Waals surface area contributed by atoms with Gasteiger partial charge >= 0.3 is 17.9 Å². The predicted molar refractivity (Wildman–Crippen MR) is 348 cm³/mol.